The van der Waals surface area contributed by atoms with E-state index in [-0.39, 0.29) is 29.1 Å². The Kier molecular flexibility index (Phi) is 0.743. The molecule has 0 spiro atoms. The van der Waals surface area contributed by atoms with E-state index in [1.807, 2.05) is 13.8 Å². The van der Waals surface area contributed by atoms with Crippen LogP contribution in [0.25, 0.3) is 0 Å². The van der Waals surface area contributed by atoms with Gasteiger partial charge in [0, 0.05) is 0 Å². The summed E-state index contributed by atoms with van der Waals surface area (Å²) in [7, 11) is 0. The van der Waals surface area contributed by atoms with Crippen molar-refractivity contribution >= 4 is 11.8 Å². The van der Waals surface area contributed by atoms with Crippen molar-refractivity contribution in [2.75, 3.05) is 0 Å². The molecule has 2 fully saturated rings. The maximum absolute atomic E-state index is 10.9. The lowest BCUT2D eigenvalue weighted by Gasteiger charge is -2.05. The Morgan fingerprint density at radius 2 is 1.60 bits per heavy atom. The number of nitrogens with one attached hydrogen (secondary N) is 1. The summed E-state index contributed by atoms with van der Waals surface area (Å²) >= 11 is 0. The van der Waals surface area contributed by atoms with E-state index in [9.17, 15) is 9.59 Å². The summed E-state index contributed by atoms with van der Waals surface area (Å²) in [6.45, 7) is 3.91. The van der Waals surface area contributed by atoms with E-state index in [4.69, 9.17) is 0 Å². The van der Waals surface area contributed by atoms with Crippen molar-refractivity contribution in [3.63, 3.8) is 0 Å². The molecular weight excluding hydrogens is 130 g/mol. The summed E-state index contributed by atoms with van der Waals surface area (Å²) in [5, 5.41) is 2.29. The number of hydrogen-bond donors (Lipinski definition) is 1. The minimum Gasteiger partial charge on any atom is -0.296 e. The van der Waals surface area contributed by atoms with Gasteiger partial charge in [-0.05, 0) is 5.41 Å². The highest BCUT2D eigenvalue weighted by Crippen LogP contribution is 2.60. The zero-order valence-electron chi connectivity index (χ0n) is 5.97. The van der Waals surface area contributed by atoms with Gasteiger partial charge >= 0.3 is 0 Å². The number of fused-ring (bicyclic) bond motifs is 1. The molecule has 0 aromatic carbocycles. The third-order valence-electron chi connectivity index (χ3n) is 2.64. The SMILES string of the molecule is CC1(C)[C@H]2C(=O)NC(=O)[C@@H]21. The van der Waals surface area contributed by atoms with E-state index >= 15 is 0 Å². The summed E-state index contributed by atoms with van der Waals surface area (Å²) in [4.78, 5) is 21.8. The monoisotopic (exact) mass is 139 g/mol. The maximum Gasteiger partial charge on any atom is 0.231 e. The van der Waals surface area contributed by atoms with Crippen molar-refractivity contribution in [3.05, 3.63) is 0 Å². The number of amides is 2. The van der Waals surface area contributed by atoms with Gasteiger partial charge in [-0.15, -0.1) is 0 Å². The van der Waals surface area contributed by atoms with Crippen LogP contribution in [0, 0.1) is 17.3 Å². The van der Waals surface area contributed by atoms with E-state index in [1.54, 1.807) is 0 Å². The second-order valence-corrected chi connectivity index (χ2v) is 3.63. The first-order valence-electron chi connectivity index (χ1n) is 3.40. The number of hydrogen-bond acceptors (Lipinski definition) is 2. The molecular formula is C7H9NO2. The highest BCUT2D eigenvalue weighted by Gasteiger charge is 2.69. The fourth-order valence-electron chi connectivity index (χ4n) is 1.89. The zero-order chi connectivity index (χ0) is 7.52. The van der Waals surface area contributed by atoms with Crippen LogP contribution in [-0.4, -0.2) is 11.8 Å². The average molecular weight is 139 g/mol. The van der Waals surface area contributed by atoms with Gasteiger partial charge in [0.1, 0.15) is 0 Å². The fourth-order valence-corrected chi connectivity index (χ4v) is 1.89. The van der Waals surface area contributed by atoms with Gasteiger partial charge in [-0.25, -0.2) is 0 Å². The van der Waals surface area contributed by atoms with E-state index in [1.165, 1.54) is 0 Å². The fraction of sp³-hybridized carbons (Fsp3) is 0.714. The van der Waals surface area contributed by atoms with E-state index in [0.29, 0.717) is 0 Å². The molecule has 0 unspecified atom stereocenters. The molecule has 3 heteroatoms. The summed E-state index contributed by atoms with van der Waals surface area (Å²) < 4.78 is 0. The molecule has 1 heterocycles. The lowest BCUT2D eigenvalue weighted by atomic mass is 10.1. The number of rotatable bonds is 0. The Labute approximate surface area is 58.8 Å². The summed E-state index contributed by atoms with van der Waals surface area (Å²) in [6.07, 6.45) is 0. The van der Waals surface area contributed by atoms with Crippen molar-refractivity contribution in [1.82, 2.24) is 5.32 Å². The van der Waals surface area contributed by atoms with Crippen LogP contribution in [0.3, 0.4) is 0 Å². The molecule has 2 aliphatic rings. The van der Waals surface area contributed by atoms with Gasteiger partial charge in [0.05, 0.1) is 11.8 Å². The summed E-state index contributed by atoms with van der Waals surface area (Å²) in [6, 6.07) is 0. The van der Waals surface area contributed by atoms with Gasteiger partial charge in [0.2, 0.25) is 11.8 Å². The molecule has 0 aromatic rings. The molecule has 0 bridgehead atoms. The standard InChI is InChI=1S/C7H9NO2/c1-7(2)3-4(7)6(10)8-5(3)9/h3-4H,1-2H3,(H,8,9,10)/t3-,4-/m1/s1. The number of piperidine rings is 1. The van der Waals surface area contributed by atoms with Crippen LogP contribution < -0.4 is 5.32 Å². The molecule has 1 aliphatic carbocycles. The molecule has 0 radical (unpaired) electrons. The minimum absolute atomic E-state index is 0.0278. The molecule has 54 valence electrons. The largest absolute Gasteiger partial charge is 0.296 e. The van der Waals surface area contributed by atoms with Gasteiger partial charge < -0.3 is 0 Å². The Bertz CT molecular complexity index is 210. The van der Waals surface area contributed by atoms with Crippen LogP contribution in [0.4, 0.5) is 0 Å². The zero-order valence-corrected chi connectivity index (χ0v) is 5.97. The normalized spacial score (nSPS) is 41.0. The van der Waals surface area contributed by atoms with Gasteiger partial charge in [-0.2, -0.15) is 0 Å². The molecule has 1 N–H and O–H groups in total. The molecule has 0 aromatic heterocycles. The van der Waals surface area contributed by atoms with Crippen LogP contribution in [0.1, 0.15) is 13.8 Å². The topological polar surface area (TPSA) is 46.2 Å². The lowest BCUT2D eigenvalue weighted by Crippen LogP contribution is -2.29. The first-order chi connectivity index (χ1) is 4.55. The van der Waals surface area contributed by atoms with Crippen molar-refractivity contribution in [2.45, 2.75) is 13.8 Å². The van der Waals surface area contributed by atoms with Crippen molar-refractivity contribution < 1.29 is 9.59 Å². The Balaban J connectivity index is 2.34. The molecule has 1 saturated carbocycles. The molecule has 10 heavy (non-hydrogen) atoms. The van der Waals surface area contributed by atoms with Gasteiger partial charge in [0.15, 0.2) is 0 Å². The second-order valence-electron chi connectivity index (χ2n) is 3.63. The van der Waals surface area contributed by atoms with Gasteiger partial charge in [-0.1, -0.05) is 13.8 Å². The third kappa shape index (κ3) is 0.426. The predicted octanol–water partition coefficient (Wildman–Crippen LogP) is -0.0850. The number of carbonyl (C=O) groups is 2. The molecule has 2 atom stereocenters. The maximum atomic E-state index is 10.9. The Morgan fingerprint density at radius 1 is 1.20 bits per heavy atom. The van der Waals surface area contributed by atoms with Crippen LogP contribution in [0.2, 0.25) is 0 Å². The smallest absolute Gasteiger partial charge is 0.231 e. The Hall–Kier alpha value is -0.860. The summed E-state index contributed by atoms with van der Waals surface area (Å²) in [5.74, 6) is -0.222. The van der Waals surface area contributed by atoms with Crippen LogP contribution in [0.15, 0.2) is 0 Å². The van der Waals surface area contributed by atoms with E-state index in [2.05, 4.69) is 5.32 Å². The number of carbonyl (C=O) groups excluding carboxylic acids is 2. The van der Waals surface area contributed by atoms with Crippen LogP contribution in [-0.2, 0) is 9.59 Å². The van der Waals surface area contributed by atoms with Crippen molar-refractivity contribution in [1.29, 1.82) is 0 Å². The molecule has 2 amide bonds. The van der Waals surface area contributed by atoms with Crippen LogP contribution >= 0.6 is 0 Å². The first kappa shape index (κ1) is 5.89. The quantitative estimate of drug-likeness (QED) is 0.477. The van der Waals surface area contributed by atoms with E-state index in [0.717, 1.165) is 0 Å². The predicted molar refractivity (Wildman–Crippen MR) is 33.9 cm³/mol. The van der Waals surface area contributed by atoms with Crippen LogP contribution in [0.5, 0.6) is 0 Å². The minimum atomic E-state index is -0.0833. The summed E-state index contributed by atoms with van der Waals surface area (Å²) in [5.41, 5.74) is -0.0561. The highest BCUT2D eigenvalue weighted by atomic mass is 16.2. The molecule has 1 aliphatic heterocycles. The second kappa shape index (κ2) is 1.26. The Morgan fingerprint density at radius 3 is 1.80 bits per heavy atom. The molecule has 1 saturated heterocycles. The number of imide groups is 1. The highest BCUT2D eigenvalue weighted by molar-refractivity contribution is 6.10. The van der Waals surface area contributed by atoms with Gasteiger partial charge in [0.25, 0.3) is 0 Å². The first-order valence-corrected chi connectivity index (χ1v) is 3.40. The molecule has 2 rings (SSSR count). The van der Waals surface area contributed by atoms with Crippen molar-refractivity contribution in [3.8, 4) is 0 Å². The third-order valence-corrected chi connectivity index (χ3v) is 2.64. The van der Waals surface area contributed by atoms with Crippen molar-refractivity contribution in [2.24, 2.45) is 17.3 Å². The van der Waals surface area contributed by atoms with E-state index < -0.39 is 0 Å². The molecule has 3 nitrogen and oxygen atoms in total. The lowest BCUT2D eigenvalue weighted by molar-refractivity contribution is -0.128. The average Bonchev–Trinajstić information content (AvgIpc) is 2.17. The van der Waals surface area contributed by atoms with Gasteiger partial charge in [-0.3, -0.25) is 14.9 Å².